The maximum atomic E-state index is 3.46. The molecule has 3 heteroatoms. The third kappa shape index (κ3) is 5.23. The van der Waals surface area contributed by atoms with Crippen molar-refractivity contribution < 1.29 is 0 Å². The molecule has 0 saturated heterocycles. The lowest BCUT2D eigenvalue weighted by Crippen LogP contribution is -2.08. The zero-order chi connectivity index (χ0) is 22.3. The number of rotatable bonds is 7. The molecule has 5 rings (SSSR count). The van der Waals surface area contributed by atoms with E-state index in [-0.39, 0.29) is 0 Å². The highest BCUT2D eigenvalue weighted by molar-refractivity contribution is 5.70. The normalized spacial score (nSPS) is 10.4. The molecule has 5 aromatic carbocycles. The lowest BCUT2D eigenvalue weighted by molar-refractivity contribution is 1.41. The van der Waals surface area contributed by atoms with Crippen LogP contribution in [0.15, 0.2) is 133 Å². The Bertz CT molecular complexity index is 1280. The van der Waals surface area contributed by atoms with Crippen LogP contribution in [0.1, 0.15) is 0 Å². The molecule has 0 fully saturated rings. The van der Waals surface area contributed by atoms with Gasteiger partial charge in [-0.1, -0.05) is 84.9 Å². The fourth-order valence-corrected chi connectivity index (χ4v) is 3.70. The van der Waals surface area contributed by atoms with Gasteiger partial charge in [0.25, 0.3) is 0 Å². The maximum Gasteiger partial charge on any atom is 0.0541 e. The smallest absolute Gasteiger partial charge is 0.0541 e. The minimum atomic E-state index is 0.993. The molecule has 0 heterocycles. The molecule has 0 aliphatic carbocycles. The van der Waals surface area contributed by atoms with Crippen molar-refractivity contribution in [2.24, 2.45) is 0 Å². The van der Waals surface area contributed by atoms with E-state index in [1.54, 1.807) is 0 Å². The van der Waals surface area contributed by atoms with Crippen LogP contribution in [0, 0.1) is 0 Å². The van der Waals surface area contributed by atoms with Crippen LogP contribution in [0.4, 0.5) is 22.7 Å². The van der Waals surface area contributed by atoms with Crippen molar-refractivity contribution in [1.82, 2.24) is 0 Å². The Hall–Kier alpha value is -4.50. The zero-order valence-corrected chi connectivity index (χ0v) is 18.2. The fourth-order valence-electron chi connectivity index (χ4n) is 3.70. The third-order valence-electron chi connectivity index (χ3n) is 5.51. The average Bonchev–Trinajstić information content (AvgIpc) is 2.90. The SMILES string of the molecule is c1ccc(-c2ccc(NNc3ccc(Nc4ccc(-c5ccccc5)cc4)cc3)cc2)cc1. The van der Waals surface area contributed by atoms with E-state index in [4.69, 9.17) is 0 Å². The van der Waals surface area contributed by atoms with Crippen molar-refractivity contribution in [3.63, 3.8) is 0 Å². The standard InChI is InChI=1S/C30H25N3/c1-3-7-23(8-4-1)25-11-15-27(16-12-25)31-28-19-21-30(22-20-28)33-32-29-17-13-26(14-18-29)24-9-5-2-6-10-24/h1-22,31-33H. The van der Waals surface area contributed by atoms with Crippen molar-refractivity contribution in [3.05, 3.63) is 133 Å². The van der Waals surface area contributed by atoms with Gasteiger partial charge in [-0.25, -0.2) is 0 Å². The van der Waals surface area contributed by atoms with Gasteiger partial charge in [-0.15, -0.1) is 0 Å². The van der Waals surface area contributed by atoms with Gasteiger partial charge in [0.05, 0.1) is 11.4 Å². The first-order valence-corrected chi connectivity index (χ1v) is 11.0. The quantitative estimate of drug-likeness (QED) is 0.229. The summed E-state index contributed by atoms with van der Waals surface area (Å²) in [4.78, 5) is 0. The monoisotopic (exact) mass is 427 g/mol. The number of hydrazine groups is 1. The lowest BCUT2D eigenvalue weighted by Gasteiger charge is -2.12. The molecule has 0 radical (unpaired) electrons. The molecule has 0 amide bonds. The summed E-state index contributed by atoms with van der Waals surface area (Å²) in [6.07, 6.45) is 0. The number of hydrogen-bond donors (Lipinski definition) is 3. The first kappa shape index (κ1) is 20.4. The van der Waals surface area contributed by atoms with Gasteiger partial charge in [0.2, 0.25) is 0 Å². The van der Waals surface area contributed by atoms with E-state index < -0.39 is 0 Å². The van der Waals surface area contributed by atoms with Crippen molar-refractivity contribution in [2.75, 3.05) is 16.2 Å². The first-order valence-electron chi connectivity index (χ1n) is 11.0. The molecular weight excluding hydrogens is 402 g/mol. The predicted octanol–water partition coefficient (Wildman–Crippen LogP) is 8.20. The molecule has 0 atom stereocenters. The average molecular weight is 428 g/mol. The molecule has 160 valence electrons. The number of anilines is 4. The van der Waals surface area contributed by atoms with E-state index in [2.05, 4.69) is 125 Å². The second-order valence-corrected chi connectivity index (χ2v) is 7.84. The summed E-state index contributed by atoms with van der Waals surface area (Å²) in [5, 5.41) is 3.46. The predicted molar refractivity (Wildman–Crippen MR) is 141 cm³/mol. The highest BCUT2D eigenvalue weighted by Crippen LogP contribution is 2.24. The Morgan fingerprint density at radius 2 is 0.576 bits per heavy atom. The molecule has 0 saturated carbocycles. The molecule has 33 heavy (non-hydrogen) atoms. The summed E-state index contributed by atoms with van der Waals surface area (Å²) < 4.78 is 0. The molecule has 0 bridgehead atoms. The van der Waals surface area contributed by atoms with Gasteiger partial charge in [-0.05, 0) is 70.8 Å². The Balaban J connectivity index is 1.16. The van der Waals surface area contributed by atoms with Crippen LogP contribution in [0.3, 0.4) is 0 Å². The van der Waals surface area contributed by atoms with Crippen LogP contribution >= 0.6 is 0 Å². The summed E-state index contributed by atoms with van der Waals surface area (Å²) in [6.45, 7) is 0. The largest absolute Gasteiger partial charge is 0.356 e. The molecule has 0 aliphatic rings. The van der Waals surface area contributed by atoms with E-state index in [0.29, 0.717) is 0 Å². The van der Waals surface area contributed by atoms with Gasteiger partial charge >= 0.3 is 0 Å². The van der Waals surface area contributed by atoms with E-state index in [1.807, 2.05) is 24.3 Å². The van der Waals surface area contributed by atoms with Crippen molar-refractivity contribution in [1.29, 1.82) is 0 Å². The zero-order valence-electron chi connectivity index (χ0n) is 18.2. The molecule has 0 aromatic heterocycles. The topological polar surface area (TPSA) is 36.1 Å². The lowest BCUT2D eigenvalue weighted by atomic mass is 10.1. The van der Waals surface area contributed by atoms with Crippen molar-refractivity contribution >= 4 is 22.7 Å². The Kier molecular flexibility index (Phi) is 6.03. The summed E-state index contributed by atoms with van der Waals surface area (Å²) in [5.74, 6) is 0. The number of benzene rings is 5. The van der Waals surface area contributed by atoms with Crippen LogP contribution in [0.5, 0.6) is 0 Å². The minimum absolute atomic E-state index is 0.993. The van der Waals surface area contributed by atoms with Crippen molar-refractivity contribution in [2.45, 2.75) is 0 Å². The van der Waals surface area contributed by atoms with Crippen LogP contribution in [-0.2, 0) is 0 Å². The van der Waals surface area contributed by atoms with E-state index in [9.17, 15) is 0 Å². The second-order valence-electron chi connectivity index (χ2n) is 7.84. The number of nitrogens with one attached hydrogen (secondary N) is 3. The molecule has 0 unspecified atom stereocenters. The van der Waals surface area contributed by atoms with Gasteiger partial charge in [0, 0.05) is 11.4 Å². The second kappa shape index (κ2) is 9.75. The van der Waals surface area contributed by atoms with Gasteiger partial charge in [-0.3, -0.25) is 0 Å². The molecule has 0 spiro atoms. The van der Waals surface area contributed by atoms with Gasteiger partial charge in [0.15, 0.2) is 0 Å². The molecular formula is C30H25N3. The van der Waals surface area contributed by atoms with Crippen LogP contribution < -0.4 is 16.2 Å². The molecule has 3 nitrogen and oxygen atoms in total. The Labute approximate surface area is 194 Å². The summed E-state index contributed by atoms with van der Waals surface area (Å²) >= 11 is 0. The molecule has 3 N–H and O–H groups in total. The molecule has 5 aromatic rings. The highest BCUT2D eigenvalue weighted by atomic mass is 15.4. The minimum Gasteiger partial charge on any atom is -0.356 e. The summed E-state index contributed by atoms with van der Waals surface area (Å²) in [5.41, 5.74) is 15.5. The van der Waals surface area contributed by atoms with E-state index in [1.165, 1.54) is 22.3 Å². The molecule has 0 aliphatic heterocycles. The van der Waals surface area contributed by atoms with Gasteiger partial charge in [-0.2, -0.15) is 0 Å². The third-order valence-corrected chi connectivity index (χ3v) is 5.51. The Morgan fingerprint density at radius 3 is 1.00 bits per heavy atom. The Morgan fingerprint density at radius 1 is 0.273 bits per heavy atom. The van der Waals surface area contributed by atoms with Gasteiger partial charge < -0.3 is 16.2 Å². The summed E-state index contributed by atoms with van der Waals surface area (Å²) in [7, 11) is 0. The van der Waals surface area contributed by atoms with Crippen LogP contribution in [0.2, 0.25) is 0 Å². The number of hydrogen-bond acceptors (Lipinski definition) is 3. The maximum absolute atomic E-state index is 3.46. The van der Waals surface area contributed by atoms with E-state index >= 15 is 0 Å². The van der Waals surface area contributed by atoms with Crippen molar-refractivity contribution in [3.8, 4) is 22.3 Å². The van der Waals surface area contributed by atoms with Crippen LogP contribution in [0.25, 0.3) is 22.3 Å². The van der Waals surface area contributed by atoms with Crippen LogP contribution in [-0.4, -0.2) is 0 Å². The highest BCUT2D eigenvalue weighted by Gasteiger charge is 2.00. The van der Waals surface area contributed by atoms with Gasteiger partial charge in [0.1, 0.15) is 0 Å². The fraction of sp³-hybridized carbons (Fsp3) is 0. The van der Waals surface area contributed by atoms with E-state index in [0.717, 1.165) is 22.7 Å². The first-order chi connectivity index (χ1) is 16.3. The summed E-state index contributed by atoms with van der Waals surface area (Å²) in [6, 6.07) is 45.9.